The SMILES string of the molecule is C=CCn1c(COc2cccc(C)c2)nnc1SC(C)C(=O)c1c(N)n(C)c(=O)n(C)c1=O. The van der Waals surface area contributed by atoms with Crippen LogP contribution in [0.25, 0.3) is 0 Å². The van der Waals surface area contributed by atoms with Gasteiger partial charge in [-0.05, 0) is 31.5 Å². The van der Waals surface area contributed by atoms with Crippen LogP contribution in [0.15, 0.2) is 51.7 Å². The van der Waals surface area contributed by atoms with Gasteiger partial charge in [-0.25, -0.2) is 4.79 Å². The van der Waals surface area contributed by atoms with Crippen LogP contribution in [0.1, 0.15) is 28.7 Å². The van der Waals surface area contributed by atoms with Crippen molar-refractivity contribution in [2.45, 2.75) is 37.4 Å². The number of benzene rings is 1. The van der Waals surface area contributed by atoms with Crippen molar-refractivity contribution < 1.29 is 9.53 Å². The minimum absolute atomic E-state index is 0.166. The maximum absolute atomic E-state index is 13.1. The normalized spacial score (nSPS) is 11.9. The third-order valence-corrected chi connectivity index (χ3v) is 6.15. The van der Waals surface area contributed by atoms with Gasteiger partial charge in [-0.3, -0.25) is 23.3 Å². The molecule has 11 heteroatoms. The highest BCUT2D eigenvalue weighted by Gasteiger charge is 2.27. The Hall–Kier alpha value is -3.60. The molecule has 0 spiro atoms. The lowest BCUT2D eigenvalue weighted by molar-refractivity contribution is 0.0992. The molecule has 0 aliphatic carbocycles. The second-order valence-corrected chi connectivity index (χ2v) is 8.80. The summed E-state index contributed by atoms with van der Waals surface area (Å²) in [7, 11) is 2.72. The lowest BCUT2D eigenvalue weighted by Crippen LogP contribution is -2.42. The molecule has 1 unspecified atom stereocenters. The minimum Gasteiger partial charge on any atom is -0.486 e. The molecule has 2 heterocycles. The van der Waals surface area contributed by atoms with Crippen molar-refractivity contribution in [2.24, 2.45) is 14.1 Å². The van der Waals surface area contributed by atoms with Crippen molar-refractivity contribution in [3.8, 4) is 5.75 Å². The monoisotopic (exact) mass is 470 g/mol. The Labute approximate surface area is 194 Å². The number of allylic oxidation sites excluding steroid dienone is 1. The van der Waals surface area contributed by atoms with Crippen LogP contribution in [0.4, 0.5) is 5.82 Å². The summed E-state index contributed by atoms with van der Waals surface area (Å²) in [5.74, 6) is 0.609. The Morgan fingerprint density at radius 1 is 1.27 bits per heavy atom. The Kier molecular flexibility index (Phi) is 7.22. The topological polar surface area (TPSA) is 127 Å². The third kappa shape index (κ3) is 4.92. The number of hydrogen-bond donors (Lipinski definition) is 1. The number of aromatic nitrogens is 5. The maximum Gasteiger partial charge on any atom is 0.332 e. The van der Waals surface area contributed by atoms with Crippen molar-refractivity contribution in [1.82, 2.24) is 23.9 Å². The molecular weight excluding hydrogens is 444 g/mol. The predicted molar refractivity (Wildman–Crippen MR) is 127 cm³/mol. The number of hydrogen-bond acceptors (Lipinski definition) is 8. The number of nitrogens with zero attached hydrogens (tertiary/aromatic N) is 5. The highest BCUT2D eigenvalue weighted by Crippen LogP contribution is 2.26. The molecule has 3 aromatic rings. The number of Topliss-reactive ketones (excluding diaryl/α,β-unsaturated/α-hetero) is 1. The van der Waals surface area contributed by atoms with Gasteiger partial charge < -0.3 is 10.5 Å². The van der Waals surface area contributed by atoms with E-state index in [9.17, 15) is 14.4 Å². The van der Waals surface area contributed by atoms with Gasteiger partial charge in [-0.1, -0.05) is 30.0 Å². The summed E-state index contributed by atoms with van der Waals surface area (Å²) in [6, 6.07) is 7.66. The van der Waals surface area contributed by atoms with Crippen molar-refractivity contribution in [1.29, 1.82) is 0 Å². The summed E-state index contributed by atoms with van der Waals surface area (Å²) < 4.78 is 9.57. The molecule has 174 valence electrons. The quantitative estimate of drug-likeness (QED) is 0.284. The number of rotatable bonds is 9. The number of thioether (sulfide) groups is 1. The molecule has 3 rings (SSSR count). The first-order valence-corrected chi connectivity index (χ1v) is 11.0. The summed E-state index contributed by atoms with van der Waals surface area (Å²) in [6.07, 6.45) is 1.69. The van der Waals surface area contributed by atoms with E-state index in [1.54, 1.807) is 17.6 Å². The fraction of sp³-hybridized carbons (Fsp3) is 0.318. The van der Waals surface area contributed by atoms with E-state index in [2.05, 4.69) is 16.8 Å². The van der Waals surface area contributed by atoms with E-state index in [4.69, 9.17) is 10.5 Å². The van der Waals surface area contributed by atoms with Crippen molar-refractivity contribution in [3.05, 3.63) is 74.7 Å². The first-order chi connectivity index (χ1) is 15.6. The van der Waals surface area contributed by atoms with Crippen LogP contribution < -0.4 is 21.7 Å². The first-order valence-electron chi connectivity index (χ1n) is 10.1. The van der Waals surface area contributed by atoms with Gasteiger partial charge in [0.25, 0.3) is 5.56 Å². The van der Waals surface area contributed by atoms with Crippen molar-refractivity contribution >= 4 is 23.4 Å². The van der Waals surface area contributed by atoms with Crippen LogP contribution >= 0.6 is 11.8 Å². The zero-order valence-electron chi connectivity index (χ0n) is 18.9. The molecule has 0 amide bonds. The number of carbonyl (C=O) groups is 1. The number of ether oxygens (including phenoxy) is 1. The highest BCUT2D eigenvalue weighted by atomic mass is 32.2. The molecule has 1 atom stereocenters. The lowest BCUT2D eigenvalue weighted by Gasteiger charge is -2.15. The average Bonchev–Trinajstić information content (AvgIpc) is 3.16. The fourth-order valence-electron chi connectivity index (χ4n) is 3.18. The number of nitrogen functional groups attached to an aromatic ring is 1. The largest absolute Gasteiger partial charge is 0.486 e. The zero-order valence-corrected chi connectivity index (χ0v) is 19.8. The van der Waals surface area contributed by atoms with Crippen LogP contribution in [0.3, 0.4) is 0 Å². The average molecular weight is 471 g/mol. The Balaban J connectivity index is 1.84. The summed E-state index contributed by atoms with van der Waals surface area (Å²) in [5.41, 5.74) is 5.45. The summed E-state index contributed by atoms with van der Waals surface area (Å²) in [6.45, 7) is 7.99. The van der Waals surface area contributed by atoms with Gasteiger partial charge in [-0.15, -0.1) is 16.8 Å². The summed E-state index contributed by atoms with van der Waals surface area (Å²) in [4.78, 5) is 37.7. The van der Waals surface area contributed by atoms with E-state index in [-0.39, 0.29) is 18.0 Å². The Morgan fingerprint density at radius 2 is 2.00 bits per heavy atom. The summed E-state index contributed by atoms with van der Waals surface area (Å²) >= 11 is 1.14. The predicted octanol–water partition coefficient (Wildman–Crippen LogP) is 1.69. The molecule has 0 fully saturated rings. The van der Waals surface area contributed by atoms with E-state index >= 15 is 0 Å². The third-order valence-electron chi connectivity index (χ3n) is 5.07. The number of ketones is 1. The van der Waals surface area contributed by atoms with Crippen LogP contribution in [-0.4, -0.2) is 34.9 Å². The number of aryl methyl sites for hydroxylation is 1. The Bertz CT molecular complexity index is 1320. The van der Waals surface area contributed by atoms with Gasteiger partial charge in [-0.2, -0.15) is 0 Å². The Morgan fingerprint density at radius 3 is 2.67 bits per heavy atom. The van der Waals surface area contributed by atoms with Gasteiger partial charge in [0.2, 0.25) is 0 Å². The molecule has 0 aliphatic rings. The molecule has 10 nitrogen and oxygen atoms in total. The fourth-order valence-corrected chi connectivity index (χ4v) is 4.12. The smallest absolute Gasteiger partial charge is 0.332 e. The van der Waals surface area contributed by atoms with Crippen LogP contribution in [0.5, 0.6) is 5.75 Å². The molecule has 0 saturated heterocycles. The number of carbonyl (C=O) groups excluding carboxylic acids is 1. The van der Waals surface area contributed by atoms with Crippen LogP contribution in [0.2, 0.25) is 0 Å². The van der Waals surface area contributed by atoms with Gasteiger partial charge in [0.05, 0.1) is 5.25 Å². The van der Waals surface area contributed by atoms with Crippen molar-refractivity contribution in [3.63, 3.8) is 0 Å². The molecule has 1 aromatic carbocycles. The van der Waals surface area contributed by atoms with Gasteiger partial charge >= 0.3 is 5.69 Å². The standard InChI is InChI=1S/C22H26N6O4S/c1-6-10-28-16(12-32-15-9-7-8-13(2)11-15)24-25-21(28)33-14(3)18(29)17-19(23)26(4)22(31)27(5)20(17)30/h6-9,11,14H,1,10,12,23H2,2-5H3. The number of anilines is 1. The summed E-state index contributed by atoms with van der Waals surface area (Å²) in [5, 5.41) is 8.16. The van der Waals surface area contributed by atoms with E-state index in [1.807, 2.05) is 31.2 Å². The molecule has 0 saturated carbocycles. The van der Waals surface area contributed by atoms with Crippen LogP contribution in [0, 0.1) is 6.92 Å². The second kappa shape index (κ2) is 9.90. The molecule has 2 aromatic heterocycles. The molecule has 0 radical (unpaired) electrons. The van der Waals surface area contributed by atoms with Gasteiger partial charge in [0.1, 0.15) is 23.7 Å². The van der Waals surface area contributed by atoms with Crippen LogP contribution in [-0.2, 0) is 27.2 Å². The molecule has 2 N–H and O–H groups in total. The number of nitrogens with two attached hydrogens (primary N) is 1. The molecule has 0 aliphatic heterocycles. The second-order valence-electron chi connectivity index (χ2n) is 7.49. The minimum atomic E-state index is -0.729. The van der Waals surface area contributed by atoms with Gasteiger partial charge in [0, 0.05) is 20.6 Å². The first kappa shape index (κ1) is 24.1. The zero-order chi connectivity index (χ0) is 24.3. The highest BCUT2D eigenvalue weighted by molar-refractivity contribution is 8.00. The van der Waals surface area contributed by atoms with E-state index < -0.39 is 22.3 Å². The van der Waals surface area contributed by atoms with E-state index in [1.165, 1.54) is 14.1 Å². The van der Waals surface area contributed by atoms with Crippen molar-refractivity contribution in [2.75, 3.05) is 5.73 Å². The molecular formula is C22H26N6O4S. The molecule has 33 heavy (non-hydrogen) atoms. The van der Waals surface area contributed by atoms with E-state index in [0.29, 0.717) is 23.3 Å². The lowest BCUT2D eigenvalue weighted by atomic mass is 10.1. The molecule has 0 bridgehead atoms. The van der Waals surface area contributed by atoms with Gasteiger partial charge in [0.15, 0.2) is 16.8 Å². The van der Waals surface area contributed by atoms with E-state index in [0.717, 1.165) is 26.5 Å². The maximum atomic E-state index is 13.1.